The molecular formula is C30H42N2O6. The summed E-state index contributed by atoms with van der Waals surface area (Å²) in [5.74, 6) is 2.99. The molecule has 208 valence electrons. The lowest BCUT2D eigenvalue weighted by molar-refractivity contribution is -0.155. The highest BCUT2D eigenvalue weighted by molar-refractivity contribution is 5.83. The Bertz CT molecular complexity index is 1100. The van der Waals surface area contributed by atoms with Crippen molar-refractivity contribution in [3.05, 3.63) is 35.4 Å². The average molecular weight is 527 g/mol. The van der Waals surface area contributed by atoms with Crippen molar-refractivity contribution in [3.8, 4) is 34.1 Å². The molecule has 0 aliphatic heterocycles. The van der Waals surface area contributed by atoms with Crippen LogP contribution in [0.3, 0.4) is 0 Å². The quantitative estimate of drug-likeness (QED) is 0.297. The number of esters is 1. The van der Waals surface area contributed by atoms with Crippen LogP contribution >= 0.6 is 0 Å². The van der Waals surface area contributed by atoms with Gasteiger partial charge in [-0.15, -0.1) is 0 Å². The Morgan fingerprint density at radius 3 is 2.39 bits per heavy atom. The predicted molar refractivity (Wildman–Crippen MR) is 148 cm³/mol. The normalized spacial score (nSPS) is 19.9. The molecule has 2 N–H and O–H groups in total. The summed E-state index contributed by atoms with van der Waals surface area (Å²) >= 11 is 0. The van der Waals surface area contributed by atoms with E-state index >= 15 is 0 Å². The minimum absolute atomic E-state index is 0.0661. The number of methoxy groups -OCH3 is 4. The number of aryl methyl sites for hydroxylation is 1. The van der Waals surface area contributed by atoms with Crippen LogP contribution in [0.4, 0.5) is 0 Å². The fraction of sp³-hybridized carbons (Fsp3) is 0.567. The zero-order chi connectivity index (χ0) is 27.1. The van der Waals surface area contributed by atoms with Crippen molar-refractivity contribution in [3.63, 3.8) is 0 Å². The Hall–Kier alpha value is -2.97. The van der Waals surface area contributed by atoms with E-state index in [2.05, 4.69) is 28.8 Å². The van der Waals surface area contributed by atoms with Crippen LogP contribution in [0.5, 0.6) is 23.0 Å². The molecule has 0 bridgehead atoms. The van der Waals surface area contributed by atoms with Crippen molar-refractivity contribution in [2.24, 2.45) is 11.8 Å². The molecule has 4 rings (SSSR count). The van der Waals surface area contributed by atoms with E-state index in [1.54, 1.807) is 28.4 Å². The lowest BCUT2D eigenvalue weighted by Gasteiger charge is -2.41. The second kappa shape index (κ2) is 13.2. The minimum atomic E-state index is -0.0801. The van der Waals surface area contributed by atoms with Gasteiger partial charge in [0.1, 0.15) is 5.75 Å². The third kappa shape index (κ3) is 5.71. The van der Waals surface area contributed by atoms with Gasteiger partial charge in [-0.05, 0) is 92.4 Å². The molecule has 0 saturated heterocycles. The van der Waals surface area contributed by atoms with Crippen LogP contribution in [0.1, 0.15) is 42.7 Å². The number of carbonyl (C=O) groups is 1. The van der Waals surface area contributed by atoms with Gasteiger partial charge in [-0.25, -0.2) is 0 Å². The lowest BCUT2D eigenvalue weighted by Crippen LogP contribution is -2.38. The van der Waals surface area contributed by atoms with E-state index in [0.717, 1.165) is 74.2 Å². The summed E-state index contributed by atoms with van der Waals surface area (Å²) in [5, 5.41) is 6.46. The van der Waals surface area contributed by atoms with Gasteiger partial charge in [-0.2, -0.15) is 0 Å². The fourth-order valence-corrected chi connectivity index (χ4v) is 5.93. The van der Waals surface area contributed by atoms with Crippen LogP contribution in [0.2, 0.25) is 0 Å². The molecule has 38 heavy (non-hydrogen) atoms. The van der Waals surface area contributed by atoms with Crippen molar-refractivity contribution in [2.45, 2.75) is 38.0 Å². The Balaban J connectivity index is 1.59. The van der Waals surface area contributed by atoms with E-state index in [9.17, 15) is 4.79 Å². The van der Waals surface area contributed by atoms with E-state index < -0.39 is 0 Å². The molecule has 2 aliphatic carbocycles. The van der Waals surface area contributed by atoms with Gasteiger partial charge in [-0.3, -0.25) is 4.79 Å². The Morgan fingerprint density at radius 1 is 0.921 bits per heavy atom. The molecule has 0 aromatic heterocycles. The molecule has 0 heterocycles. The zero-order valence-corrected chi connectivity index (χ0v) is 23.4. The van der Waals surface area contributed by atoms with E-state index in [1.165, 1.54) is 5.56 Å². The smallest absolute Gasteiger partial charge is 0.309 e. The predicted octanol–water partition coefficient (Wildman–Crippen LogP) is 4.19. The van der Waals surface area contributed by atoms with Gasteiger partial charge in [0.05, 0.1) is 41.0 Å². The van der Waals surface area contributed by atoms with Crippen LogP contribution in [0, 0.1) is 11.8 Å². The third-order valence-electron chi connectivity index (χ3n) is 8.01. The third-order valence-corrected chi connectivity index (χ3v) is 8.01. The van der Waals surface area contributed by atoms with Crippen molar-refractivity contribution in [2.75, 3.05) is 61.7 Å². The molecule has 1 fully saturated rings. The van der Waals surface area contributed by atoms with E-state index in [1.807, 2.05) is 13.1 Å². The van der Waals surface area contributed by atoms with E-state index in [4.69, 9.17) is 23.7 Å². The van der Waals surface area contributed by atoms with Crippen LogP contribution in [0.25, 0.3) is 11.1 Å². The maximum Gasteiger partial charge on any atom is 0.309 e. The zero-order valence-electron chi connectivity index (χ0n) is 23.4. The van der Waals surface area contributed by atoms with Gasteiger partial charge in [-0.1, -0.05) is 6.07 Å². The van der Waals surface area contributed by atoms with E-state index in [0.29, 0.717) is 23.9 Å². The van der Waals surface area contributed by atoms with Gasteiger partial charge in [0, 0.05) is 18.7 Å². The number of carbonyl (C=O) groups excluding carboxylic acids is 1. The molecule has 0 amide bonds. The van der Waals surface area contributed by atoms with Crippen LogP contribution in [-0.4, -0.2) is 67.7 Å². The molecule has 0 radical (unpaired) electrons. The number of rotatable bonds is 13. The Kier molecular flexibility index (Phi) is 9.74. The first-order valence-electron chi connectivity index (χ1n) is 13.6. The molecule has 2 aliphatic rings. The number of nitrogens with one attached hydrogen (secondary N) is 2. The number of benzene rings is 2. The molecule has 2 aromatic carbocycles. The van der Waals surface area contributed by atoms with E-state index in [-0.39, 0.29) is 23.7 Å². The van der Waals surface area contributed by atoms with Crippen LogP contribution in [-0.2, 0) is 16.0 Å². The first-order chi connectivity index (χ1) is 18.6. The standard InChI is InChI=1S/C30H42N2O6/c1-31-14-15-32-13-6-16-38-30(33)24-12-11-21(24)22-9-7-19-17-26(35-3)28(36-4)29(37-5)27(19)23-10-8-20(34-2)18-25(22)23/h8,10,17-18,21-22,24,31-32H,6-7,9,11-16H2,1-5H3/t21?,22-,24?/m1/s1. The van der Waals surface area contributed by atoms with Gasteiger partial charge in [0.15, 0.2) is 11.5 Å². The molecule has 1 saturated carbocycles. The lowest BCUT2D eigenvalue weighted by atomic mass is 9.64. The molecule has 2 aromatic rings. The molecule has 0 spiro atoms. The minimum Gasteiger partial charge on any atom is -0.497 e. The number of hydrogen-bond donors (Lipinski definition) is 2. The fourth-order valence-electron chi connectivity index (χ4n) is 5.93. The highest BCUT2D eigenvalue weighted by atomic mass is 16.5. The first kappa shape index (κ1) is 28.0. The highest BCUT2D eigenvalue weighted by Gasteiger charge is 2.44. The van der Waals surface area contributed by atoms with Gasteiger partial charge >= 0.3 is 5.97 Å². The second-order valence-electron chi connectivity index (χ2n) is 10.0. The molecule has 2 unspecified atom stereocenters. The Labute approximate surface area is 226 Å². The van der Waals surface area contributed by atoms with Crippen molar-refractivity contribution in [1.82, 2.24) is 10.6 Å². The molecule has 8 nitrogen and oxygen atoms in total. The SMILES string of the molecule is CNCCNCCCOC(=O)C1CCC1[C@H]1CCc2cc(OC)c(OC)c(OC)c2-c2ccc(OC)cc21. The second-order valence-corrected chi connectivity index (χ2v) is 10.0. The van der Waals surface area contributed by atoms with Gasteiger partial charge in [0.2, 0.25) is 5.75 Å². The topological polar surface area (TPSA) is 87.3 Å². The molecule has 8 heteroatoms. The summed E-state index contributed by atoms with van der Waals surface area (Å²) in [4.78, 5) is 13.1. The summed E-state index contributed by atoms with van der Waals surface area (Å²) in [5.41, 5.74) is 4.45. The first-order valence-corrected chi connectivity index (χ1v) is 13.6. The maximum atomic E-state index is 13.1. The van der Waals surface area contributed by atoms with Crippen molar-refractivity contribution >= 4 is 5.97 Å². The maximum absolute atomic E-state index is 13.1. The summed E-state index contributed by atoms with van der Waals surface area (Å²) < 4.78 is 28.6. The summed E-state index contributed by atoms with van der Waals surface area (Å²) in [6, 6.07) is 8.28. The van der Waals surface area contributed by atoms with Crippen LogP contribution in [0.15, 0.2) is 24.3 Å². The van der Waals surface area contributed by atoms with Crippen LogP contribution < -0.4 is 29.6 Å². The monoisotopic (exact) mass is 526 g/mol. The number of hydrogen-bond acceptors (Lipinski definition) is 8. The molecule has 3 atom stereocenters. The summed E-state index contributed by atoms with van der Waals surface area (Å²) in [6.07, 6.45) is 4.44. The number of ether oxygens (including phenoxy) is 5. The van der Waals surface area contributed by atoms with Crippen molar-refractivity contribution < 1.29 is 28.5 Å². The van der Waals surface area contributed by atoms with Crippen molar-refractivity contribution in [1.29, 1.82) is 0 Å². The summed E-state index contributed by atoms with van der Waals surface area (Å²) in [7, 11) is 8.56. The molecular weight excluding hydrogens is 484 g/mol. The number of fused-ring (bicyclic) bond motifs is 3. The Morgan fingerprint density at radius 2 is 1.74 bits per heavy atom. The van der Waals surface area contributed by atoms with Gasteiger partial charge < -0.3 is 34.3 Å². The summed E-state index contributed by atoms with van der Waals surface area (Å²) in [6.45, 7) is 3.12. The largest absolute Gasteiger partial charge is 0.497 e. The average Bonchev–Trinajstić information content (AvgIpc) is 3.07. The van der Waals surface area contributed by atoms with Gasteiger partial charge in [0.25, 0.3) is 0 Å². The highest BCUT2D eigenvalue weighted by Crippen LogP contribution is 2.55. The number of likely N-dealkylation sites (N-methyl/N-ethyl adjacent to an activating group) is 1.